The van der Waals surface area contributed by atoms with E-state index in [1.165, 1.54) is 0 Å². The van der Waals surface area contributed by atoms with Crippen molar-refractivity contribution in [3.63, 3.8) is 0 Å². The summed E-state index contributed by atoms with van der Waals surface area (Å²) in [5.74, 6) is 0. The van der Waals surface area contributed by atoms with Crippen molar-refractivity contribution in [3.05, 3.63) is 36.0 Å². The second kappa shape index (κ2) is 2.90. The lowest BCUT2D eigenvalue weighted by molar-refractivity contribution is 0.865. The third-order valence-electron chi connectivity index (χ3n) is 1.92. The number of nitrogens with one attached hydrogen (secondary N) is 2. The van der Waals surface area contributed by atoms with Gasteiger partial charge in [0.05, 0.1) is 11.0 Å². The molecule has 0 aliphatic carbocycles. The van der Waals surface area contributed by atoms with Crippen molar-refractivity contribution in [1.29, 1.82) is 5.41 Å². The number of nitrogens with zero attached hydrogens (tertiary/aromatic N) is 2. The Morgan fingerprint density at radius 3 is 3.00 bits per heavy atom. The molecule has 0 saturated heterocycles. The molecule has 0 spiro atoms. The average Bonchev–Trinajstić information content (AvgIpc) is 2.18. The fourth-order valence-corrected chi connectivity index (χ4v) is 1.33. The van der Waals surface area contributed by atoms with Gasteiger partial charge in [-0.25, -0.2) is 4.68 Å². The standard InChI is InChI=1S/C9H10N4/c1-11-13-8-3-2-6-12-7(8)4-5-9(13)10/h2-6,10-11H,1H3. The summed E-state index contributed by atoms with van der Waals surface area (Å²) < 4.78 is 1.68. The molecule has 0 radical (unpaired) electrons. The molecule has 2 rings (SSSR count). The maximum absolute atomic E-state index is 7.63. The average molecular weight is 174 g/mol. The van der Waals surface area contributed by atoms with Crippen LogP contribution in [0.4, 0.5) is 0 Å². The summed E-state index contributed by atoms with van der Waals surface area (Å²) in [6.07, 6.45) is 1.74. The van der Waals surface area contributed by atoms with E-state index in [1.807, 2.05) is 18.2 Å². The van der Waals surface area contributed by atoms with E-state index in [9.17, 15) is 0 Å². The van der Waals surface area contributed by atoms with Gasteiger partial charge in [-0.15, -0.1) is 0 Å². The Morgan fingerprint density at radius 2 is 2.23 bits per heavy atom. The highest BCUT2D eigenvalue weighted by atomic mass is 15.4. The first kappa shape index (κ1) is 7.79. The summed E-state index contributed by atoms with van der Waals surface area (Å²) in [5.41, 5.74) is 5.14. The molecule has 2 aromatic heterocycles. The van der Waals surface area contributed by atoms with Crippen LogP contribution in [0, 0.1) is 5.41 Å². The van der Waals surface area contributed by atoms with Gasteiger partial charge in [0.15, 0.2) is 0 Å². The predicted octanol–water partition coefficient (Wildman–Crippen LogP) is 0.689. The van der Waals surface area contributed by atoms with Gasteiger partial charge in [0.25, 0.3) is 0 Å². The van der Waals surface area contributed by atoms with E-state index in [-0.39, 0.29) is 0 Å². The van der Waals surface area contributed by atoms with Gasteiger partial charge in [0, 0.05) is 13.2 Å². The molecule has 2 heterocycles. The van der Waals surface area contributed by atoms with E-state index < -0.39 is 0 Å². The molecule has 0 aromatic carbocycles. The Morgan fingerprint density at radius 1 is 1.38 bits per heavy atom. The van der Waals surface area contributed by atoms with Gasteiger partial charge >= 0.3 is 0 Å². The molecule has 0 aliphatic heterocycles. The zero-order valence-electron chi connectivity index (χ0n) is 7.28. The molecule has 0 unspecified atom stereocenters. The summed E-state index contributed by atoms with van der Waals surface area (Å²) in [7, 11) is 1.78. The topological polar surface area (TPSA) is 53.7 Å². The Balaban J connectivity index is 2.92. The molecule has 2 aromatic rings. The molecule has 13 heavy (non-hydrogen) atoms. The number of hydrogen-bond donors (Lipinski definition) is 2. The minimum absolute atomic E-state index is 0.419. The number of pyridine rings is 2. The van der Waals surface area contributed by atoms with E-state index in [0.717, 1.165) is 11.0 Å². The SMILES string of the molecule is CNn1c(=N)ccc2ncccc21. The van der Waals surface area contributed by atoms with Crippen molar-refractivity contribution >= 4 is 11.0 Å². The van der Waals surface area contributed by atoms with Crippen molar-refractivity contribution in [3.8, 4) is 0 Å². The molecule has 0 bridgehead atoms. The summed E-state index contributed by atoms with van der Waals surface area (Å²) in [4.78, 5) is 4.19. The summed E-state index contributed by atoms with van der Waals surface area (Å²) in [5, 5.41) is 7.63. The Bertz CT molecular complexity index is 486. The van der Waals surface area contributed by atoms with Crippen molar-refractivity contribution in [2.24, 2.45) is 0 Å². The third-order valence-corrected chi connectivity index (χ3v) is 1.92. The second-order valence-electron chi connectivity index (χ2n) is 2.69. The summed E-state index contributed by atoms with van der Waals surface area (Å²) >= 11 is 0. The number of aromatic nitrogens is 2. The van der Waals surface area contributed by atoms with Crippen LogP contribution in [0.2, 0.25) is 0 Å². The van der Waals surface area contributed by atoms with Crippen LogP contribution in [0.3, 0.4) is 0 Å². The Hall–Kier alpha value is -1.84. The van der Waals surface area contributed by atoms with Crippen molar-refractivity contribution in [1.82, 2.24) is 9.66 Å². The maximum atomic E-state index is 7.63. The minimum atomic E-state index is 0.419. The van der Waals surface area contributed by atoms with Gasteiger partial charge in [-0.3, -0.25) is 10.4 Å². The second-order valence-corrected chi connectivity index (χ2v) is 2.69. The van der Waals surface area contributed by atoms with E-state index in [1.54, 1.807) is 24.0 Å². The van der Waals surface area contributed by atoms with Gasteiger partial charge in [0.2, 0.25) is 0 Å². The lowest BCUT2D eigenvalue weighted by Crippen LogP contribution is -2.26. The molecule has 0 saturated carbocycles. The first-order valence-electron chi connectivity index (χ1n) is 4.02. The molecule has 0 atom stereocenters. The van der Waals surface area contributed by atoms with Crippen molar-refractivity contribution in [2.45, 2.75) is 0 Å². The highest BCUT2D eigenvalue weighted by Crippen LogP contribution is 2.05. The molecular weight excluding hydrogens is 164 g/mol. The normalized spacial score (nSPS) is 10.2. The molecule has 4 heteroatoms. The van der Waals surface area contributed by atoms with E-state index in [2.05, 4.69) is 10.4 Å². The smallest absolute Gasteiger partial charge is 0.144 e. The zero-order valence-corrected chi connectivity index (χ0v) is 7.28. The molecule has 0 amide bonds. The van der Waals surface area contributed by atoms with E-state index in [4.69, 9.17) is 5.41 Å². The van der Waals surface area contributed by atoms with Crippen LogP contribution < -0.4 is 10.9 Å². The maximum Gasteiger partial charge on any atom is 0.144 e. The fourth-order valence-electron chi connectivity index (χ4n) is 1.33. The highest BCUT2D eigenvalue weighted by molar-refractivity contribution is 5.74. The van der Waals surface area contributed by atoms with Gasteiger partial charge in [-0.05, 0) is 24.3 Å². The van der Waals surface area contributed by atoms with Crippen LogP contribution in [-0.4, -0.2) is 16.7 Å². The predicted molar refractivity (Wildman–Crippen MR) is 50.9 cm³/mol. The van der Waals surface area contributed by atoms with E-state index in [0.29, 0.717) is 5.49 Å². The molecule has 4 nitrogen and oxygen atoms in total. The van der Waals surface area contributed by atoms with Crippen LogP contribution in [0.25, 0.3) is 11.0 Å². The van der Waals surface area contributed by atoms with Crippen molar-refractivity contribution < 1.29 is 0 Å². The zero-order chi connectivity index (χ0) is 9.26. The molecule has 0 aliphatic rings. The molecule has 2 N–H and O–H groups in total. The lowest BCUT2D eigenvalue weighted by atomic mass is 10.3. The quantitative estimate of drug-likeness (QED) is 0.668. The lowest BCUT2D eigenvalue weighted by Gasteiger charge is -2.08. The number of hydrogen-bond acceptors (Lipinski definition) is 3. The van der Waals surface area contributed by atoms with Gasteiger partial charge < -0.3 is 5.43 Å². The minimum Gasteiger partial charge on any atom is -0.327 e. The third kappa shape index (κ3) is 1.16. The van der Waals surface area contributed by atoms with Gasteiger partial charge in [-0.1, -0.05) is 0 Å². The fraction of sp³-hybridized carbons (Fsp3) is 0.111. The van der Waals surface area contributed by atoms with Gasteiger partial charge in [-0.2, -0.15) is 0 Å². The van der Waals surface area contributed by atoms with Crippen LogP contribution in [0.15, 0.2) is 30.5 Å². The summed E-state index contributed by atoms with van der Waals surface area (Å²) in [6, 6.07) is 7.34. The first-order chi connectivity index (χ1) is 6.33. The highest BCUT2D eigenvalue weighted by Gasteiger charge is 1.97. The molecule has 0 fully saturated rings. The first-order valence-corrected chi connectivity index (χ1v) is 4.02. The van der Waals surface area contributed by atoms with Crippen LogP contribution in [-0.2, 0) is 0 Å². The molecule has 66 valence electrons. The van der Waals surface area contributed by atoms with Crippen LogP contribution in [0.1, 0.15) is 0 Å². The van der Waals surface area contributed by atoms with Crippen molar-refractivity contribution in [2.75, 3.05) is 12.5 Å². The monoisotopic (exact) mass is 174 g/mol. The van der Waals surface area contributed by atoms with E-state index >= 15 is 0 Å². The number of fused-ring (bicyclic) bond motifs is 1. The molecular formula is C9H10N4. The summed E-state index contributed by atoms with van der Waals surface area (Å²) in [6.45, 7) is 0. The Labute approximate surface area is 75.3 Å². The van der Waals surface area contributed by atoms with Crippen LogP contribution >= 0.6 is 0 Å². The Kier molecular flexibility index (Phi) is 1.73. The number of rotatable bonds is 1. The van der Waals surface area contributed by atoms with Crippen LogP contribution in [0.5, 0.6) is 0 Å². The largest absolute Gasteiger partial charge is 0.327 e. The van der Waals surface area contributed by atoms with Gasteiger partial charge in [0.1, 0.15) is 5.49 Å².